The maximum Gasteiger partial charge on any atom is 0.261 e. The van der Waals surface area contributed by atoms with Crippen LogP contribution in [0.15, 0.2) is 29.6 Å². The number of benzene rings is 1. The Morgan fingerprint density at radius 3 is 2.90 bits per heavy atom. The van der Waals surface area contributed by atoms with E-state index >= 15 is 0 Å². The van der Waals surface area contributed by atoms with Crippen LogP contribution in [0.25, 0.3) is 0 Å². The molecule has 0 atom stereocenters. The molecular formula is C15H13ClFNOS. The molecule has 104 valence electrons. The van der Waals surface area contributed by atoms with Crippen molar-refractivity contribution in [2.75, 3.05) is 0 Å². The Labute approximate surface area is 125 Å². The van der Waals surface area contributed by atoms with Gasteiger partial charge in [-0.15, -0.1) is 11.3 Å². The quantitative estimate of drug-likeness (QED) is 0.894. The largest absolute Gasteiger partial charge is 0.347 e. The molecular weight excluding hydrogens is 297 g/mol. The molecule has 1 aliphatic carbocycles. The zero-order chi connectivity index (χ0) is 14.1. The topological polar surface area (TPSA) is 29.1 Å². The van der Waals surface area contributed by atoms with E-state index in [4.69, 9.17) is 11.6 Å². The maximum absolute atomic E-state index is 13.6. The number of halogens is 2. The summed E-state index contributed by atoms with van der Waals surface area (Å²) in [5.74, 6) is -0.0216. The van der Waals surface area contributed by atoms with Crippen LogP contribution in [0.3, 0.4) is 0 Å². The Hall–Kier alpha value is -1.39. The zero-order valence-electron chi connectivity index (χ0n) is 10.7. The second-order valence-corrected chi connectivity index (χ2v) is 6.19. The molecule has 3 rings (SSSR count). The van der Waals surface area contributed by atoms with Crippen molar-refractivity contribution in [3.05, 3.63) is 56.5 Å². The molecule has 1 aromatic heterocycles. The average molecular weight is 310 g/mol. The summed E-state index contributed by atoms with van der Waals surface area (Å²) < 4.78 is 13.6. The first-order valence-electron chi connectivity index (χ1n) is 6.45. The predicted molar refractivity (Wildman–Crippen MR) is 78.9 cm³/mol. The van der Waals surface area contributed by atoms with Gasteiger partial charge < -0.3 is 5.32 Å². The van der Waals surface area contributed by atoms with Gasteiger partial charge in [0.25, 0.3) is 5.91 Å². The normalized spacial score (nSPS) is 14.3. The van der Waals surface area contributed by atoms with E-state index in [1.807, 2.05) is 11.4 Å². The van der Waals surface area contributed by atoms with Gasteiger partial charge in [-0.3, -0.25) is 4.79 Å². The van der Waals surface area contributed by atoms with E-state index in [9.17, 15) is 9.18 Å². The van der Waals surface area contributed by atoms with Crippen molar-refractivity contribution in [2.24, 2.45) is 0 Å². The van der Waals surface area contributed by atoms with Crippen LogP contribution in [0.5, 0.6) is 0 Å². The summed E-state index contributed by atoms with van der Waals surface area (Å²) in [5.41, 5.74) is 1.44. The molecule has 1 aliphatic rings. The number of carbonyl (C=O) groups excluding carboxylic acids is 1. The van der Waals surface area contributed by atoms with E-state index < -0.39 is 5.82 Å². The van der Waals surface area contributed by atoms with Gasteiger partial charge in [0.1, 0.15) is 5.82 Å². The molecule has 1 N–H and O–H groups in total. The number of nitrogens with one attached hydrogen (secondary N) is 1. The highest BCUT2D eigenvalue weighted by atomic mass is 35.5. The standard InChI is InChI=1S/C15H13ClFNOS/c16-12-2-1-3-13(17)11(12)8-18-15(19)14-10(6-7-20-14)9-4-5-9/h1-3,6-7,9H,4-5,8H2,(H,18,19). The third kappa shape index (κ3) is 2.72. The van der Waals surface area contributed by atoms with Crippen LogP contribution in [0.2, 0.25) is 5.02 Å². The summed E-state index contributed by atoms with van der Waals surface area (Å²) in [5, 5.41) is 5.01. The van der Waals surface area contributed by atoms with Crippen molar-refractivity contribution in [2.45, 2.75) is 25.3 Å². The van der Waals surface area contributed by atoms with E-state index in [1.165, 1.54) is 17.4 Å². The SMILES string of the molecule is O=C(NCc1c(F)cccc1Cl)c1sccc1C1CC1. The molecule has 5 heteroatoms. The molecule has 1 saturated carbocycles. The Kier molecular flexibility index (Phi) is 3.76. The van der Waals surface area contributed by atoms with E-state index in [1.54, 1.807) is 12.1 Å². The summed E-state index contributed by atoms with van der Waals surface area (Å²) in [6.45, 7) is 0.104. The molecule has 2 nitrogen and oxygen atoms in total. The van der Waals surface area contributed by atoms with Crippen LogP contribution < -0.4 is 5.32 Å². The van der Waals surface area contributed by atoms with Gasteiger partial charge >= 0.3 is 0 Å². The summed E-state index contributed by atoms with van der Waals surface area (Å²) in [4.78, 5) is 12.9. The highest BCUT2D eigenvalue weighted by Crippen LogP contribution is 2.43. The summed E-state index contributed by atoms with van der Waals surface area (Å²) in [6, 6.07) is 6.52. The Morgan fingerprint density at radius 1 is 1.40 bits per heavy atom. The van der Waals surface area contributed by atoms with Crippen molar-refractivity contribution < 1.29 is 9.18 Å². The van der Waals surface area contributed by atoms with Crippen LogP contribution in [0.4, 0.5) is 4.39 Å². The van der Waals surface area contributed by atoms with Crippen molar-refractivity contribution in [3.8, 4) is 0 Å². The van der Waals surface area contributed by atoms with Gasteiger partial charge in [-0.05, 0) is 47.9 Å². The van der Waals surface area contributed by atoms with E-state index in [0.717, 1.165) is 23.3 Å². The third-order valence-corrected chi connectivity index (χ3v) is 4.69. The number of rotatable bonds is 4. The summed E-state index contributed by atoms with van der Waals surface area (Å²) in [7, 11) is 0. The predicted octanol–water partition coefficient (Wildman–Crippen LogP) is 4.35. The van der Waals surface area contributed by atoms with Gasteiger partial charge in [0.05, 0.1) is 4.88 Å². The maximum atomic E-state index is 13.6. The second kappa shape index (κ2) is 5.54. The first kappa shape index (κ1) is 13.6. The van der Waals surface area contributed by atoms with Gasteiger partial charge in [-0.2, -0.15) is 0 Å². The molecule has 1 fully saturated rings. The lowest BCUT2D eigenvalue weighted by Gasteiger charge is -2.08. The highest BCUT2D eigenvalue weighted by molar-refractivity contribution is 7.12. The first-order valence-corrected chi connectivity index (χ1v) is 7.71. The number of carbonyl (C=O) groups is 1. The molecule has 1 aromatic carbocycles. The van der Waals surface area contributed by atoms with E-state index in [2.05, 4.69) is 5.32 Å². The minimum Gasteiger partial charge on any atom is -0.347 e. The van der Waals surface area contributed by atoms with Crippen LogP contribution in [-0.2, 0) is 6.54 Å². The molecule has 0 saturated heterocycles. The number of amides is 1. The third-order valence-electron chi connectivity index (χ3n) is 3.41. The highest BCUT2D eigenvalue weighted by Gasteiger charge is 2.28. The lowest BCUT2D eigenvalue weighted by molar-refractivity contribution is 0.0954. The lowest BCUT2D eigenvalue weighted by Crippen LogP contribution is -2.23. The lowest BCUT2D eigenvalue weighted by atomic mass is 10.1. The minimum atomic E-state index is -0.397. The first-order chi connectivity index (χ1) is 9.66. The van der Waals surface area contributed by atoms with Crippen molar-refractivity contribution in [1.29, 1.82) is 0 Å². The molecule has 1 amide bonds. The van der Waals surface area contributed by atoms with Crippen LogP contribution in [0, 0.1) is 5.82 Å². The van der Waals surface area contributed by atoms with Gasteiger partial charge in [0, 0.05) is 17.1 Å². The Balaban J connectivity index is 1.72. The van der Waals surface area contributed by atoms with Crippen molar-refractivity contribution >= 4 is 28.8 Å². The van der Waals surface area contributed by atoms with Crippen LogP contribution in [0.1, 0.15) is 39.6 Å². The van der Waals surface area contributed by atoms with Gasteiger partial charge in [-0.1, -0.05) is 17.7 Å². The van der Waals surface area contributed by atoms with Crippen molar-refractivity contribution in [3.63, 3.8) is 0 Å². The van der Waals surface area contributed by atoms with Crippen LogP contribution in [-0.4, -0.2) is 5.91 Å². The smallest absolute Gasteiger partial charge is 0.261 e. The monoisotopic (exact) mass is 309 g/mol. The fourth-order valence-corrected chi connectivity index (χ4v) is 3.30. The Morgan fingerprint density at radius 2 is 2.20 bits per heavy atom. The fraction of sp³-hybridized carbons (Fsp3) is 0.267. The molecule has 20 heavy (non-hydrogen) atoms. The van der Waals surface area contributed by atoms with Gasteiger partial charge in [0.2, 0.25) is 0 Å². The van der Waals surface area contributed by atoms with E-state index in [-0.39, 0.29) is 12.5 Å². The summed E-state index contributed by atoms with van der Waals surface area (Å²) >= 11 is 7.37. The molecule has 0 spiro atoms. The second-order valence-electron chi connectivity index (χ2n) is 4.86. The number of thiophene rings is 1. The van der Waals surface area contributed by atoms with Gasteiger partial charge in [-0.25, -0.2) is 4.39 Å². The molecule has 0 bridgehead atoms. The minimum absolute atomic E-state index is 0.104. The average Bonchev–Trinajstić information content (AvgIpc) is 3.15. The molecule has 0 aliphatic heterocycles. The summed E-state index contributed by atoms with van der Waals surface area (Å²) in [6.07, 6.45) is 2.30. The molecule has 0 radical (unpaired) electrons. The van der Waals surface area contributed by atoms with E-state index in [0.29, 0.717) is 16.5 Å². The number of hydrogen-bond donors (Lipinski definition) is 1. The molecule has 2 aromatic rings. The fourth-order valence-electron chi connectivity index (χ4n) is 2.17. The van der Waals surface area contributed by atoms with Crippen LogP contribution >= 0.6 is 22.9 Å². The molecule has 1 heterocycles. The van der Waals surface area contributed by atoms with Gasteiger partial charge in [0.15, 0.2) is 0 Å². The molecule has 0 unspecified atom stereocenters. The van der Waals surface area contributed by atoms with Crippen molar-refractivity contribution in [1.82, 2.24) is 5.32 Å². The Bertz CT molecular complexity index is 631. The zero-order valence-corrected chi connectivity index (χ0v) is 12.2. The number of hydrogen-bond acceptors (Lipinski definition) is 2.